The molecule has 0 aliphatic heterocycles. The van der Waals surface area contributed by atoms with Gasteiger partial charge in [0.1, 0.15) is 0 Å². The molecule has 0 unspecified atom stereocenters. The molecule has 0 aromatic rings. The fourth-order valence-corrected chi connectivity index (χ4v) is 4.10. The number of hydrogen-bond donors (Lipinski definition) is 0. The van der Waals surface area contributed by atoms with Crippen molar-refractivity contribution in [3.63, 3.8) is 0 Å². The zero-order valence-corrected chi connectivity index (χ0v) is 9.59. The molecule has 0 N–H and O–H groups in total. The van der Waals surface area contributed by atoms with Crippen LogP contribution in [0.2, 0.25) is 0 Å². The number of rotatable bonds is 8. The summed E-state index contributed by atoms with van der Waals surface area (Å²) < 4.78 is 0. The van der Waals surface area contributed by atoms with Crippen LogP contribution >= 0.6 is 47.0 Å². The summed E-state index contributed by atoms with van der Waals surface area (Å²) in [7, 11) is 0. The Balaban J connectivity index is 2.79. The molecule has 0 nitrogen and oxygen atoms in total. The Bertz CT molecular complexity index is 90.6. The molecule has 11 heavy (non-hydrogen) atoms. The van der Waals surface area contributed by atoms with Gasteiger partial charge in [0.05, 0.1) is 0 Å². The van der Waals surface area contributed by atoms with Gasteiger partial charge in [-0.3, -0.25) is 0 Å². The summed E-state index contributed by atoms with van der Waals surface area (Å²) in [5.41, 5.74) is 0. The normalized spacial score (nSPS) is 9.45. The Morgan fingerprint density at radius 2 is 1.27 bits per heavy atom. The van der Waals surface area contributed by atoms with Crippen molar-refractivity contribution in [3.05, 3.63) is 24.0 Å². The molecular weight excluding hydrogens is 212 g/mol. The van der Waals surface area contributed by atoms with E-state index in [4.69, 9.17) is 0 Å². The Hall–Kier alpha value is 0.880. The Labute approximate surface area is 86.0 Å². The third-order valence-corrected chi connectivity index (χ3v) is 4.93. The van der Waals surface area contributed by atoms with E-state index in [2.05, 4.69) is 13.2 Å². The second-order valence-electron chi connectivity index (χ2n) is 1.43. The van der Waals surface area contributed by atoms with Crippen molar-refractivity contribution < 1.29 is 0 Å². The molecule has 0 bridgehead atoms. The maximum Gasteiger partial charge on any atom is 0.0441 e. The zero-order chi connectivity index (χ0) is 8.36. The molecule has 0 aliphatic carbocycles. The average Bonchev–Trinajstić information content (AvgIpc) is 2.03. The SMILES string of the molecule is C=CSCSCSCSC=C. The molecule has 0 amide bonds. The Morgan fingerprint density at radius 1 is 0.818 bits per heavy atom. The van der Waals surface area contributed by atoms with Crippen LogP contribution in [0.3, 0.4) is 0 Å². The summed E-state index contributed by atoms with van der Waals surface area (Å²) >= 11 is 7.39. The van der Waals surface area contributed by atoms with E-state index in [0.717, 1.165) is 10.2 Å². The lowest BCUT2D eigenvalue weighted by Crippen LogP contribution is -1.72. The minimum Gasteiger partial charge on any atom is -0.140 e. The Morgan fingerprint density at radius 3 is 1.64 bits per heavy atom. The van der Waals surface area contributed by atoms with Crippen LogP contribution in [0.4, 0.5) is 0 Å². The van der Waals surface area contributed by atoms with Gasteiger partial charge in [0, 0.05) is 15.3 Å². The molecule has 0 aromatic heterocycles. The lowest BCUT2D eigenvalue weighted by molar-refractivity contribution is 2.11. The first-order valence-corrected chi connectivity index (χ1v) is 7.43. The predicted octanol–water partition coefficient (Wildman–Crippen LogP) is 4.08. The molecule has 0 saturated heterocycles. The van der Waals surface area contributed by atoms with Gasteiger partial charge in [-0.2, -0.15) is 0 Å². The van der Waals surface area contributed by atoms with E-state index in [-0.39, 0.29) is 0 Å². The van der Waals surface area contributed by atoms with Crippen LogP contribution in [0.15, 0.2) is 24.0 Å². The molecule has 64 valence electrons. The third kappa shape index (κ3) is 10.9. The van der Waals surface area contributed by atoms with Gasteiger partial charge >= 0.3 is 0 Å². The van der Waals surface area contributed by atoms with Crippen LogP contribution in [0.25, 0.3) is 0 Å². The standard InChI is InChI=1S/C7H12S4/c1-3-8-5-10-7-11-6-9-4-2/h3-4H,1-2,5-7H2. The van der Waals surface area contributed by atoms with Crippen molar-refractivity contribution in [3.8, 4) is 0 Å². The van der Waals surface area contributed by atoms with Crippen molar-refractivity contribution >= 4 is 47.0 Å². The highest BCUT2D eigenvalue weighted by Crippen LogP contribution is 2.20. The molecule has 4 heteroatoms. The summed E-state index contributed by atoms with van der Waals surface area (Å²) in [6, 6.07) is 0. The van der Waals surface area contributed by atoms with Crippen molar-refractivity contribution in [1.82, 2.24) is 0 Å². The largest absolute Gasteiger partial charge is 0.140 e. The summed E-state index contributed by atoms with van der Waals surface area (Å²) in [5, 5.41) is 7.18. The molecular formula is C7H12S4. The van der Waals surface area contributed by atoms with E-state index in [1.54, 1.807) is 23.5 Å². The molecule has 0 rings (SSSR count). The van der Waals surface area contributed by atoms with Gasteiger partial charge in [0.2, 0.25) is 0 Å². The van der Waals surface area contributed by atoms with E-state index in [0.29, 0.717) is 0 Å². The highest BCUT2D eigenvalue weighted by atomic mass is 32.2. The summed E-state index contributed by atoms with van der Waals surface area (Å²) in [6.07, 6.45) is 0. The fourth-order valence-electron chi connectivity index (χ4n) is 0.319. The number of hydrogen-bond acceptors (Lipinski definition) is 4. The van der Waals surface area contributed by atoms with E-state index >= 15 is 0 Å². The van der Waals surface area contributed by atoms with Gasteiger partial charge in [-0.25, -0.2) is 0 Å². The van der Waals surface area contributed by atoms with E-state index in [1.165, 1.54) is 5.08 Å². The second kappa shape index (κ2) is 10.9. The van der Waals surface area contributed by atoms with Gasteiger partial charge in [-0.1, -0.05) is 13.2 Å². The maximum atomic E-state index is 3.63. The van der Waals surface area contributed by atoms with Crippen molar-refractivity contribution in [1.29, 1.82) is 0 Å². The molecule has 0 atom stereocenters. The summed E-state index contributed by atoms with van der Waals surface area (Å²) in [4.78, 5) is 0. The maximum absolute atomic E-state index is 3.63. The monoisotopic (exact) mass is 224 g/mol. The van der Waals surface area contributed by atoms with Crippen molar-refractivity contribution in [2.45, 2.75) is 0 Å². The zero-order valence-electron chi connectivity index (χ0n) is 6.32. The second-order valence-corrected chi connectivity index (χ2v) is 6.41. The van der Waals surface area contributed by atoms with Crippen LogP contribution < -0.4 is 0 Å². The third-order valence-electron chi connectivity index (χ3n) is 0.705. The predicted molar refractivity (Wildman–Crippen MR) is 65.4 cm³/mol. The molecule has 0 fully saturated rings. The first kappa shape index (κ1) is 11.9. The lowest BCUT2D eigenvalue weighted by atomic mass is 11.3. The topological polar surface area (TPSA) is 0 Å². The lowest BCUT2D eigenvalue weighted by Gasteiger charge is -1.97. The fraction of sp³-hybridized carbons (Fsp3) is 0.429. The van der Waals surface area contributed by atoms with Gasteiger partial charge in [0.15, 0.2) is 0 Å². The van der Waals surface area contributed by atoms with E-state index in [1.807, 2.05) is 34.3 Å². The quantitative estimate of drug-likeness (QED) is 0.450. The van der Waals surface area contributed by atoms with Crippen LogP contribution in [0.1, 0.15) is 0 Å². The minimum absolute atomic E-state index is 1.12. The smallest absolute Gasteiger partial charge is 0.0441 e. The van der Waals surface area contributed by atoms with Gasteiger partial charge in [-0.15, -0.1) is 47.0 Å². The highest BCUT2D eigenvalue weighted by Gasteiger charge is 1.87. The first-order chi connectivity index (χ1) is 5.41. The number of thioether (sulfide) groups is 4. The van der Waals surface area contributed by atoms with Crippen LogP contribution in [-0.4, -0.2) is 15.3 Å². The first-order valence-electron chi connectivity index (χ1n) is 3.02. The van der Waals surface area contributed by atoms with Crippen LogP contribution in [0.5, 0.6) is 0 Å². The van der Waals surface area contributed by atoms with E-state index in [9.17, 15) is 0 Å². The molecule has 0 heterocycles. The average molecular weight is 224 g/mol. The molecule has 0 radical (unpaired) electrons. The van der Waals surface area contributed by atoms with Crippen LogP contribution in [-0.2, 0) is 0 Å². The molecule has 0 aromatic carbocycles. The molecule has 0 aliphatic rings. The van der Waals surface area contributed by atoms with Crippen LogP contribution in [0, 0.1) is 0 Å². The van der Waals surface area contributed by atoms with Gasteiger partial charge < -0.3 is 0 Å². The summed E-state index contributed by atoms with van der Waals surface area (Å²) in [6.45, 7) is 7.27. The van der Waals surface area contributed by atoms with Gasteiger partial charge in [0.25, 0.3) is 0 Å². The van der Waals surface area contributed by atoms with E-state index < -0.39 is 0 Å². The van der Waals surface area contributed by atoms with Crippen molar-refractivity contribution in [2.75, 3.05) is 15.3 Å². The summed E-state index contributed by atoms with van der Waals surface area (Å²) in [5.74, 6) is 0. The molecule has 0 saturated carbocycles. The van der Waals surface area contributed by atoms with Gasteiger partial charge in [-0.05, 0) is 10.8 Å². The minimum atomic E-state index is 1.12. The highest BCUT2D eigenvalue weighted by molar-refractivity contribution is 8.26. The molecule has 0 spiro atoms. The Kier molecular flexibility index (Phi) is 11.8. The van der Waals surface area contributed by atoms with Crippen molar-refractivity contribution in [2.24, 2.45) is 0 Å².